The molecule has 0 heterocycles. The first-order chi connectivity index (χ1) is 8.82. The van der Waals surface area contributed by atoms with Crippen molar-refractivity contribution in [2.75, 3.05) is 40.8 Å². The van der Waals surface area contributed by atoms with Crippen LogP contribution in [0.25, 0.3) is 0 Å². The van der Waals surface area contributed by atoms with Crippen LogP contribution in [0.3, 0.4) is 0 Å². The van der Waals surface area contributed by atoms with E-state index in [4.69, 9.17) is 5.11 Å². The van der Waals surface area contributed by atoms with Crippen molar-refractivity contribution < 1.29 is 14.7 Å². The van der Waals surface area contributed by atoms with Crippen LogP contribution in [-0.4, -0.2) is 78.1 Å². The molecular weight excluding hydrogens is 246 g/mol. The third-order valence-corrected chi connectivity index (χ3v) is 4.07. The van der Waals surface area contributed by atoms with Crippen molar-refractivity contribution in [3.8, 4) is 0 Å². The Hall–Kier alpha value is -1.30. The fourth-order valence-electron chi connectivity index (χ4n) is 2.56. The van der Waals surface area contributed by atoms with Crippen LogP contribution < -0.4 is 0 Å². The summed E-state index contributed by atoms with van der Waals surface area (Å²) in [4.78, 5) is 28.1. The molecule has 0 saturated heterocycles. The van der Waals surface area contributed by atoms with Crippen molar-refractivity contribution in [2.45, 2.75) is 31.7 Å². The standard InChI is InChI=1S/C13H25N3O3/c1-5-16(9-11(17)18)12(19)15(4)10-13(14(2)3)7-6-8-13/h5-10H2,1-4H3,(H,17,18). The van der Waals surface area contributed by atoms with Gasteiger partial charge in [0.15, 0.2) is 0 Å². The molecule has 1 N–H and O–H groups in total. The molecule has 6 heteroatoms. The minimum absolute atomic E-state index is 0.0625. The minimum Gasteiger partial charge on any atom is -0.480 e. The lowest BCUT2D eigenvalue weighted by Crippen LogP contribution is -2.59. The summed E-state index contributed by atoms with van der Waals surface area (Å²) in [5.41, 5.74) is 0.0625. The summed E-state index contributed by atoms with van der Waals surface area (Å²) in [5.74, 6) is -0.977. The maximum Gasteiger partial charge on any atom is 0.323 e. The monoisotopic (exact) mass is 271 g/mol. The lowest BCUT2D eigenvalue weighted by atomic mass is 9.75. The summed E-state index contributed by atoms with van der Waals surface area (Å²) in [7, 11) is 5.81. The summed E-state index contributed by atoms with van der Waals surface area (Å²) < 4.78 is 0. The Morgan fingerprint density at radius 3 is 2.11 bits per heavy atom. The van der Waals surface area contributed by atoms with E-state index < -0.39 is 5.97 Å². The maximum atomic E-state index is 12.2. The zero-order valence-corrected chi connectivity index (χ0v) is 12.3. The normalized spacial score (nSPS) is 16.9. The van der Waals surface area contributed by atoms with E-state index in [0.717, 1.165) is 12.8 Å². The molecule has 19 heavy (non-hydrogen) atoms. The molecule has 0 aliphatic heterocycles. The molecule has 0 bridgehead atoms. The van der Waals surface area contributed by atoms with Gasteiger partial charge in [-0.15, -0.1) is 0 Å². The number of amides is 2. The molecule has 0 aromatic heterocycles. The SMILES string of the molecule is CCN(CC(=O)O)C(=O)N(C)CC1(N(C)C)CCC1. The van der Waals surface area contributed by atoms with Crippen LogP contribution >= 0.6 is 0 Å². The highest BCUT2D eigenvalue weighted by molar-refractivity contribution is 5.80. The van der Waals surface area contributed by atoms with E-state index in [0.29, 0.717) is 13.1 Å². The van der Waals surface area contributed by atoms with E-state index in [1.807, 2.05) is 14.1 Å². The number of carbonyl (C=O) groups excluding carboxylic acids is 1. The minimum atomic E-state index is -0.977. The first-order valence-electron chi connectivity index (χ1n) is 6.71. The Kier molecular flexibility index (Phi) is 5.17. The summed E-state index contributed by atoms with van der Waals surface area (Å²) in [6.45, 7) is 2.60. The summed E-state index contributed by atoms with van der Waals surface area (Å²) in [5, 5.41) is 8.80. The van der Waals surface area contributed by atoms with Gasteiger partial charge in [-0.25, -0.2) is 4.79 Å². The molecule has 2 amide bonds. The van der Waals surface area contributed by atoms with Crippen LogP contribution in [0.5, 0.6) is 0 Å². The van der Waals surface area contributed by atoms with Gasteiger partial charge in [-0.3, -0.25) is 4.79 Å². The van der Waals surface area contributed by atoms with Crippen LogP contribution in [0.4, 0.5) is 4.79 Å². The molecule has 0 aromatic carbocycles. The average Bonchev–Trinajstić information content (AvgIpc) is 2.28. The highest BCUT2D eigenvalue weighted by atomic mass is 16.4. The van der Waals surface area contributed by atoms with E-state index in [9.17, 15) is 9.59 Å². The van der Waals surface area contributed by atoms with Crippen LogP contribution in [0.15, 0.2) is 0 Å². The van der Waals surface area contributed by atoms with Crippen LogP contribution in [0.2, 0.25) is 0 Å². The first kappa shape index (κ1) is 15.8. The number of aliphatic carboxylic acids is 1. The number of carboxylic acids is 1. The molecule has 0 unspecified atom stereocenters. The fourth-order valence-corrected chi connectivity index (χ4v) is 2.56. The van der Waals surface area contributed by atoms with Crippen molar-refractivity contribution in [3.63, 3.8) is 0 Å². The Balaban J connectivity index is 2.63. The zero-order valence-electron chi connectivity index (χ0n) is 12.3. The van der Waals surface area contributed by atoms with Crippen molar-refractivity contribution in [1.82, 2.24) is 14.7 Å². The number of rotatable bonds is 6. The van der Waals surface area contributed by atoms with Gasteiger partial charge in [0.2, 0.25) is 0 Å². The number of nitrogens with zero attached hydrogens (tertiary/aromatic N) is 3. The van der Waals surface area contributed by atoms with E-state index in [1.54, 1.807) is 18.9 Å². The van der Waals surface area contributed by atoms with Crippen LogP contribution in [0.1, 0.15) is 26.2 Å². The third-order valence-electron chi connectivity index (χ3n) is 4.07. The number of urea groups is 1. The average molecular weight is 271 g/mol. The van der Waals surface area contributed by atoms with Gasteiger partial charge in [0.25, 0.3) is 0 Å². The van der Waals surface area contributed by atoms with E-state index in [1.165, 1.54) is 11.3 Å². The number of likely N-dealkylation sites (N-methyl/N-ethyl adjacent to an activating group) is 3. The molecule has 0 spiro atoms. The molecule has 1 saturated carbocycles. The van der Waals surface area contributed by atoms with Gasteiger partial charge in [-0.2, -0.15) is 0 Å². The molecule has 0 radical (unpaired) electrons. The topological polar surface area (TPSA) is 64.1 Å². The predicted octanol–water partition coefficient (Wildman–Crippen LogP) is 0.929. The maximum absolute atomic E-state index is 12.2. The number of hydrogen-bond acceptors (Lipinski definition) is 3. The zero-order chi connectivity index (χ0) is 14.6. The highest BCUT2D eigenvalue weighted by Gasteiger charge is 2.41. The van der Waals surface area contributed by atoms with E-state index in [-0.39, 0.29) is 18.1 Å². The molecule has 110 valence electrons. The summed E-state index contributed by atoms with van der Waals surface area (Å²) >= 11 is 0. The Labute approximate surface area is 115 Å². The molecule has 1 rings (SSSR count). The van der Waals surface area contributed by atoms with Crippen LogP contribution in [0, 0.1) is 0 Å². The van der Waals surface area contributed by atoms with Gasteiger partial charge < -0.3 is 19.8 Å². The molecule has 0 aromatic rings. The van der Waals surface area contributed by atoms with Crippen molar-refractivity contribution in [3.05, 3.63) is 0 Å². The van der Waals surface area contributed by atoms with Gasteiger partial charge in [-0.05, 0) is 40.3 Å². The van der Waals surface area contributed by atoms with Crippen LogP contribution in [-0.2, 0) is 4.79 Å². The Bertz CT molecular complexity index is 340. The Morgan fingerprint density at radius 1 is 1.21 bits per heavy atom. The summed E-state index contributed by atoms with van der Waals surface area (Å²) in [6, 6.07) is -0.210. The largest absolute Gasteiger partial charge is 0.480 e. The smallest absolute Gasteiger partial charge is 0.323 e. The molecule has 1 fully saturated rings. The number of carbonyl (C=O) groups is 2. The lowest BCUT2D eigenvalue weighted by Gasteiger charge is -2.49. The molecular formula is C13H25N3O3. The molecule has 1 aliphatic rings. The van der Waals surface area contributed by atoms with Gasteiger partial charge in [0, 0.05) is 25.7 Å². The highest BCUT2D eigenvalue weighted by Crippen LogP contribution is 2.36. The predicted molar refractivity (Wildman–Crippen MR) is 73.2 cm³/mol. The summed E-state index contributed by atoms with van der Waals surface area (Å²) in [6.07, 6.45) is 3.36. The number of hydrogen-bond donors (Lipinski definition) is 1. The second-order valence-electron chi connectivity index (χ2n) is 5.52. The molecule has 6 nitrogen and oxygen atoms in total. The third kappa shape index (κ3) is 3.59. The van der Waals surface area contributed by atoms with E-state index in [2.05, 4.69) is 4.90 Å². The number of carboxylic acid groups (broad SMARTS) is 1. The second-order valence-corrected chi connectivity index (χ2v) is 5.52. The quantitative estimate of drug-likeness (QED) is 0.780. The van der Waals surface area contributed by atoms with Gasteiger partial charge in [0.1, 0.15) is 6.54 Å². The van der Waals surface area contributed by atoms with Crippen molar-refractivity contribution in [2.24, 2.45) is 0 Å². The van der Waals surface area contributed by atoms with Gasteiger partial charge >= 0.3 is 12.0 Å². The van der Waals surface area contributed by atoms with Crippen molar-refractivity contribution >= 4 is 12.0 Å². The molecule has 0 atom stereocenters. The molecule has 1 aliphatic carbocycles. The van der Waals surface area contributed by atoms with Gasteiger partial charge in [-0.1, -0.05) is 0 Å². The first-order valence-corrected chi connectivity index (χ1v) is 6.71. The second kappa shape index (κ2) is 6.23. The van der Waals surface area contributed by atoms with Gasteiger partial charge in [0.05, 0.1) is 0 Å². The van der Waals surface area contributed by atoms with Crippen molar-refractivity contribution in [1.29, 1.82) is 0 Å². The lowest BCUT2D eigenvalue weighted by molar-refractivity contribution is -0.137. The fraction of sp³-hybridized carbons (Fsp3) is 0.846. The van der Waals surface area contributed by atoms with E-state index >= 15 is 0 Å². The Morgan fingerprint density at radius 2 is 1.79 bits per heavy atom.